The van der Waals surface area contributed by atoms with Crippen molar-refractivity contribution in [1.82, 2.24) is 5.32 Å². The van der Waals surface area contributed by atoms with E-state index in [1.54, 1.807) is 13.8 Å². The van der Waals surface area contributed by atoms with E-state index in [-0.39, 0.29) is 5.91 Å². The van der Waals surface area contributed by atoms with Crippen LogP contribution in [0.5, 0.6) is 0 Å². The molecule has 4 nitrogen and oxygen atoms in total. The van der Waals surface area contributed by atoms with E-state index in [0.29, 0.717) is 0 Å². The van der Waals surface area contributed by atoms with Crippen molar-refractivity contribution in [2.45, 2.75) is 32.4 Å². The Balaban J connectivity index is 4.22. The number of rotatable bonds is 2. The van der Waals surface area contributed by atoms with Crippen LogP contribution in [-0.2, 0) is 4.79 Å². The van der Waals surface area contributed by atoms with Crippen molar-refractivity contribution in [3.63, 3.8) is 0 Å². The Morgan fingerprint density at radius 1 is 1.73 bits per heavy atom. The summed E-state index contributed by atoms with van der Waals surface area (Å²) in [6, 6.07) is 1.29. The van der Waals surface area contributed by atoms with Gasteiger partial charge in [0.05, 0.1) is 6.07 Å². The summed E-state index contributed by atoms with van der Waals surface area (Å²) in [6.07, 6.45) is 0. The van der Waals surface area contributed by atoms with E-state index in [1.807, 2.05) is 6.07 Å². The number of carbonyl (C=O) groups is 1. The number of hydrogen-bond donors (Lipinski definition) is 2. The Kier molecular flexibility index (Phi) is 3.02. The highest BCUT2D eigenvalue weighted by Gasteiger charge is 2.25. The second-order valence-electron chi connectivity index (χ2n) is 3.08. The van der Waals surface area contributed by atoms with Crippen LogP contribution in [0.2, 0.25) is 0 Å². The molecule has 3 N–H and O–H groups in total. The van der Waals surface area contributed by atoms with Gasteiger partial charge in [-0.3, -0.25) is 4.79 Å². The predicted molar refractivity (Wildman–Crippen MR) is 41.5 cm³/mol. The predicted octanol–water partition coefficient (Wildman–Crippen LogP) is -0.248. The number of nitriles is 1. The minimum absolute atomic E-state index is 0.241. The number of amides is 1. The second-order valence-corrected chi connectivity index (χ2v) is 3.08. The maximum absolute atomic E-state index is 10.5. The third-order valence-electron chi connectivity index (χ3n) is 1.22. The fourth-order valence-corrected chi connectivity index (χ4v) is 0.588. The van der Waals surface area contributed by atoms with Gasteiger partial charge in [-0.2, -0.15) is 5.26 Å². The van der Waals surface area contributed by atoms with E-state index in [9.17, 15) is 4.79 Å². The van der Waals surface area contributed by atoms with Crippen molar-refractivity contribution in [3.8, 4) is 6.07 Å². The summed E-state index contributed by atoms with van der Waals surface area (Å²) in [4.78, 5) is 10.5. The van der Waals surface area contributed by atoms with Gasteiger partial charge in [0.25, 0.3) is 0 Å². The zero-order valence-corrected chi connectivity index (χ0v) is 7.01. The van der Waals surface area contributed by atoms with Crippen molar-refractivity contribution in [3.05, 3.63) is 0 Å². The molecule has 0 saturated heterocycles. The fraction of sp³-hybridized carbons (Fsp3) is 0.714. The van der Waals surface area contributed by atoms with Crippen LogP contribution in [0.15, 0.2) is 0 Å². The highest BCUT2D eigenvalue weighted by atomic mass is 16.1. The number of hydrogen-bond acceptors (Lipinski definition) is 3. The minimum Gasteiger partial charge on any atom is -0.339 e. The molecule has 0 fully saturated rings. The van der Waals surface area contributed by atoms with Crippen LogP contribution in [0, 0.1) is 11.3 Å². The zero-order chi connectivity index (χ0) is 9.07. The molecule has 4 heteroatoms. The van der Waals surface area contributed by atoms with Crippen LogP contribution in [0.3, 0.4) is 0 Å². The average Bonchev–Trinajstić information content (AvgIpc) is 1.79. The molecule has 1 atom stereocenters. The summed E-state index contributed by atoms with van der Waals surface area (Å²) in [6.45, 7) is 4.74. The molecular formula is C7H13N3O. The highest BCUT2D eigenvalue weighted by molar-refractivity contribution is 5.73. The van der Waals surface area contributed by atoms with E-state index < -0.39 is 11.6 Å². The molecule has 11 heavy (non-hydrogen) atoms. The van der Waals surface area contributed by atoms with Crippen LogP contribution < -0.4 is 11.1 Å². The summed E-state index contributed by atoms with van der Waals surface area (Å²) in [5.41, 5.74) is 4.91. The van der Waals surface area contributed by atoms with Gasteiger partial charge in [-0.05, 0) is 13.8 Å². The van der Waals surface area contributed by atoms with Gasteiger partial charge in [0.15, 0.2) is 0 Å². The zero-order valence-electron chi connectivity index (χ0n) is 7.01. The Morgan fingerprint density at radius 2 is 2.18 bits per heavy atom. The number of nitrogens with zero attached hydrogens (tertiary/aromatic N) is 1. The lowest BCUT2D eigenvalue weighted by Gasteiger charge is -2.24. The molecule has 1 amide bonds. The molecule has 62 valence electrons. The van der Waals surface area contributed by atoms with Gasteiger partial charge in [-0.15, -0.1) is 0 Å². The first-order valence-corrected chi connectivity index (χ1v) is 3.33. The third kappa shape index (κ3) is 3.58. The molecule has 0 aliphatic rings. The van der Waals surface area contributed by atoms with Crippen LogP contribution in [0.1, 0.15) is 20.8 Å². The lowest BCUT2D eigenvalue weighted by atomic mass is 9.97. The molecule has 0 aliphatic heterocycles. The smallest absolute Gasteiger partial charge is 0.217 e. The molecule has 0 spiro atoms. The van der Waals surface area contributed by atoms with Crippen molar-refractivity contribution < 1.29 is 4.79 Å². The molecule has 0 bridgehead atoms. The van der Waals surface area contributed by atoms with Gasteiger partial charge in [-0.25, -0.2) is 0 Å². The van der Waals surface area contributed by atoms with E-state index in [0.717, 1.165) is 0 Å². The summed E-state index contributed by atoms with van der Waals surface area (Å²) in [5.74, 6) is -0.241. The molecule has 0 saturated carbocycles. The summed E-state index contributed by atoms with van der Waals surface area (Å²) >= 11 is 0. The van der Waals surface area contributed by atoms with Gasteiger partial charge < -0.3 is 11.1 Å². The largest absolute Gasteiger partial charge is 0.339 e. The van der Waals surface area contributed by atoms with Gasteiger partial charge in [0.1, 0.15) is 6.04 Å². The SMILES string of the molecule is CC(=O)NC(C#N)C(C)(C)N. The summed E-state index contributed by atoms with van der Waals surface area (Å²) in [7, 11) is 0. The van der Waals surface area contributed by atoms with E-state index in [4.69, 9.17) is 11.0 Å². The van der Waals surface area contributed by atoms with Crippen molar-refractivity contribution in [1.29, 1.82) is 5.26 Å². The van der Waals surface area contributed by atoms with Crippen molar-refractivity contribution >= 4 is 5.91 Å². The second kappa shape index (κ2) is 3.35. The van der Waals surface area contributed by atoms with Gasteiger partial charge in [-0.1, -0.05) is 0 Å². The lowest BCUT2D eigenvalue weighted by molar-refractivity contribution is -0.119. The monoisotopic (exact) mass is 155 g/mol. The molecule has 0 aliphatic carbocycles. The number of nitrogens with two attached hydrogens (primary N) is 1. The van der Waals surface area contributed by atoms with Crippen LogP contribution in [0.4, 0.5) is 0 Å². The molecule has 0 rings (SSSR count). The lowest BCUT2D eigenvalue weighted by Crippen LogP contribution is -2.53. The minimum atomic E-state index is -0.694. The summed E-state index contributed by atoms with van der Waals surface area (Å²) in [5, 5.41) is 11.0. The first kappa shape index (κ1) is 9.92. The Bertz CT molecular complexity index is 187. The van der Waals surface area contributed by atoms with Crippen molar-refractivity contribution in [2.24, 2.45) is 5.73 Å². The first-order valence-electron chi connectivity index (χ1n) is 3.33. The number of nitrogens with one attached hydrogen (secondary N) is 1. The van der Waals surface area contributed by atoms with Gasteiger partial charge >= 0.3 is 0 Å². The third-order valence-corrected chi connectivity index (χ3v) is 1.22. The standard InChI is InChI=1S/C7H13N3O/c1-5(11)10-6(4-8)7(2,3)9/h6H,9H2,1-3H3,(H,10,11). The quantitative estimate of drug-likeness (QED) is 0.577. The number of carbonyl (C=O) groups excluding carboxylic acids is 1. The Hall–Kier alpha value is -1.08. The van der Waals surface area contributed by atoms with Crippen LogP contribution in [-0.4, -0.2) is 17.5 Å². The Labute approximate surface area is 66.4 Å². The van der Waals surface area contributed by atoms with Gasteiger partial charge in [0, 0.05) is 12.5 Å². The van der Waals surface area contributed by atoms with E-state index in [2.05, 4.69) is 5.32 Å². The molecule has 0 aromatic heterocycles. The van der Waals surface area contributed by atoms with E-state index >= 15 is 0 Å². The average molecular weight is 155 g/mol. The molecule has 0 aromatic carbocycles. The molecule has 0 radical (unpaired) electrons. The van der Waals surface area contributed by atoms with E-state index in [1.165, 1.54) is 6.92 Å². The first-order chi connectivity index (χ1) is 4.88. The molecular weight excluding hydrogens is 142 g/mol. The maximum atomic E-state index is 10.5. The molecule has 1 unspecified atom stereocenters. The van der Waals surface area contributed by atoms with Crippen molar-refractivity contribution in [2.75, 3.05) is 0 Å². The molecule has 0 heterocycles. The maximum Gasteiger partial charge on any atom is 0.217 e. The van der Waals surface area contributed by atoms with Crippen LogP contribution in [0.25, 0.3) is 0 Å². The topological polar surface area (TPSA) is 78.9 Å². The highest BCUT2D eigenvalue weighted by Crippen LogP contribution is 2.02. The molecule has 0 aromatic rings. The normalized spacial score (nSPS) is 13.4. The van der Waals surface area contributed by atoms with Gasteiger partial charge in [0.2, 0.25) is 5.91 Å². The summed E-state index contributed by atoms with van der Waals surface area (Å²) < 4.78 is 0. The van der Waals surface area contributed by atoms with Crippen LogP contribution >= 0.6 is 0 Å². The fourth-order valence-electron chi connectivity index (χ4n) is 0.588. The Morgan fingerprint density at radius 3 is 2.27 bits per heavy atom.